The summed E-state index contributed by atoms with van der Waals surface area (Å²) in [5, 5.41) is 1.23. The summed E-state index contributed by atoms with van der Waals surface area (Å²) < 4.78 is 1.27. The lowest BCUT2D eigenvalue weighted by atomic mass is 9.97. The van der Waals surface area contributed by atoms with Gasteiger partial charge in [0, 0.05) is 9.58 Å². The first-order chi connectivity index (χ1) is 8.90. The SMILES string of the molecule is O=CC1c2ccccc2-c2sc3ccccc3c21. The van der Waals surface area contributed by atoms with Crippen LogP contribution in [0, 0.1) is 0 Å². The van der Waals surface area contributed by atoms with Gasteiger partial charge in [-0.2, -0.15) is 0 Å². The summed E-state index contributed by atoms with van der Waals surface area (Å²) in [6.07, 6.45) is 1.07. The number of benzene rings is 2. The number of carbonyl (C=O) groups excluding carboxylic acids is 1. The Bertz CT molecular complexity index is 770. The minimum absolute atomic E-state index is 0.0904. The van der Waals surface area contributed by atoms with Gasteiger partial charge in [-0.05, 0) is 28.1 Å². The molecule has 0 fully saturated rings. The lowest BCUT2D eigenvalue weighted by Gasteiger charge is -2.05. The van der Waals surface area contributed by atoms with Crippen molar-refractivity contribution in [1.82, 2.24) is 0 Å². The number of rotatable bonds is 1. The second-order valence-electron chi connectivity index (χ2n) is 4.54. The summed E-state index contributed by atoms with van der Waals surface area (Å²) in [6.45, 7) is 0. The number of aldehydes is 1. The van der Waals surface area contributed by atoms with Crippen molar-refractivity contribution < 1.29 is 4.79 Å². The maximum absolute atomic E-state index is 11.5. The van der Waals surface area contributed by atoms with Crippen molar-refractivity contribution in [3.8, 4) is 10.4 Å². The van der Waals surface area contributed by atoms with E-state index in [1.807, 2.05) is 18.2 Å². The second kappa shape index (κ2) is 3.53. The van der Waals surface area contributed by atoms with Gasteiger partial charge in [0.05, 0.1) is 5.92 Å². The Labute approximate surface area is 109 Å². The van der Waals surface area contributed by atoms with Crippen LogP contribution in [0.2, 0.25) is 0 Å². The summed E-state index contributed by atoms with van der Waals surface area (Å²) in [5.74, 6) is -0.0904. The average molecular weight is 250 g/mol. The highest BCUT2D eigenvalue weighted by Crippen LogP contribution is 2.51. The molecule has 0 bridgehead atoms. The fourth-order valence-corrected chi connectivity index (χ4v) is 4.14. The van der Waals surface area contributed by atoms with Gasteiger partial charge in [0.25, 0.3) is 0 Å². The van der Waals surface area contributed by atoms with Crippen LogP contribution < -0.4 is 0 Å². The third-order valence-electron chi connectivity index (χ3n) is 3.62. The molecule has 0 saturated carbocycles. The Kier molecular flexibility index (Phi) is 1.97. The Hall–Kier alpha value is -1.93. The Morgan fingerprint density at radius 3 is 2.67 bits per heavy atom. The van der Waals surface area contributed by atoms with Crippen LogP contribution in [-0.2, 0) is 4.79 Å². The van der Waals surface area contributed by atoms with Crippen LogP contribution in [-0.4, -0.2) is 6.29 Å². The molecule has 0 amide bonds. The molecule has 0 aliphatic heterocycles. The number of carbonyl (C=O) groups is 1. The maximum atomic E-state index is 11.5. The zero-order valence-corrected chi connectivity index (χ0v) is 10.4. The van der Waals surface area contributed by atoms with Crippen molar-refractivity contribution in [1.29, 1.82) is 0 Å². The van der Waals surface area contributed by atoms with E-state index in [9.17, 15) is 4.79 Å². The molecule has 2 heteroatoms. The van der Waals surface area contributed by atoms with Gasteiger partial charge in [0.1, 0.15) is 6.29 Å². The van der Waals surface area contributed by atoms with E-state index in [0.29, 0.717) is 0 Å². The molecule has 4 rings (SSSR count). The van der Waals surface area contributed by atoms with Crippen molar-refractivity contribution in [3.63, 3.8) is 0 Å². The smallest absolute Gasteiger partial charge is 0.131 e. The number of hydrogen-bond donors (Lipinski definition) is 0. The third kappa shape index (κ3) is 1.13. The molecular formula is C16H10OS. The normalized spacial score (nSPS) is 16.6. The van der Waals surface area contributed by atoms with Crippen molar-refractivity contribution in [2.24, 2.45) is 0 Å². The van der Waals surface area contributed by atoms with Crippen LogP contribution in [0.5, 0.6) is 0 Å². The first-order valence-corrected chi connectivity index (χ1v) is 6.78. The van der Waals surface area contributed by atoms with E-state index < -0.39 is 0 Å². The van der Waals surface area contributed by atoms with Gasteiger partial charge < -0.3 is 4.79 Å². The van der Waals surface area contributed by atoms with Crippen molar-refractivity contribution >= 4 is 27.7 Å². The third-order valence-corrected chi connectivity index (χ3v) is 4.84. The zero-order chi connectivity index (χ0) is 12.1. The zero-order valence-electron chi connectivity index (χ0n) is 9.59. The molecule has 0 radical (unpaired) electrons. The van der Waals surface area contributed by atoms with E-state index >= 15 is 0 Å². The number of thiophene rings is 1. The van der Waals surface area contributed by atoms with Crippen LogP contribution in [0.1, 0.15) is 17.0 Å². The van der Waals surface area contributed by atoms with Gasteiger partial charge in [-0.25, -0.2) is 0 Å². The maximum Gasteiger partial charge on any atom is 0.131 e. The van der Waals surface area contributed by atoms with Crippen molar-refractivity contribution in [3.05, 3.63) is 59.7 Å². The second-order valence-corrected chi connectivity index (χ2v) is 5.59. The quantitative estimate of drug-likeness (QED) is 0.591. The van der Waals surface area contributed by atoms with Crippen LogP contribution >= 0.6 is 11.3 Å². The lowest BCUT2D eigenvalue weighted by molar-refractivity contribution is -0.108. The van der Waals surface area contributed by atoms with E-state index in [4.69, 9.17) is 0 Å². The first-order valence-electron chi connectivity index (χ1n) is 5.96. The van der Waals surface area contributed by atoms with Gasteiger partial charge in [-0.3, -0.25) is 0 Å². The summed E-state index contributed by atoms with van der Waals surface area (Å²) in [4.78, 5) is 12.7. The molecule has 1 nitrogen and oxygen atoms in total. The molecule has 18 heavy (non-hydrogen) atoms. The van der Waals surface area contributed by atoms with Crippen LogP contribution in [0.4, 0.5) is 0 Å². The van der Waals surface area contributed by atoms with E-state index in [1.54, 1.807) is 11.3 Å². The Morgan fingerprint density at radius 1 is 1.00 bits per heavy atom. The Balaban J connectivity index is 2.16. The van der Waals surface area contributed by atoms with Gasteiger partial charge >= 0.3 is 0 Å². The molecule has 1 aliphatic rings. The average Bonchev–Trinajstić information content (AvgIpc) is 2.93. The van der Waals surface area contributed by atoms with E-state index in [2.05, 4.69) is 30.3 Å². The summed E-state index contributed by atoms with van der Waals surface area (Å²) in [7, 11) is 0. The molecule has 1 heterocycles. The molecule has 3 aromatic rings. The van der Waals surface area contributed by atoms with Gasteiger partial charge in [0.2, 0.25) is 0 Å². The molecule has 1 aliphatic carbocycles. The van der Waals surface area contributed by atoms with Crippen LogP contribution in [0.25, 0.3) is 20.5 Å². The first kappa shape index (κ1) is 10.0. The van der Waals surface area contributed by atoms with Gasteiger partial charge in [-0.15, -0.1) is 11.3 Å². The topological polar surface area (TPSA) is 17.1 Å². The van der Waals surface area contributed by atoms with E-state index in [1.165, 1.54) is 26.1 Å². The number of hydrogen-bond acceptors (Lipinski definition) is 2. The highest BCUT2D eigenvalue weighted by atomic mass is 32.1. The minimum Gasteiger partial charge on any atom is -0.302 e. The lowest BCUT2D eigenvalue weighted by Crippen LogP contribution is -1.96. The van der Waals surface area contributed by atoms with Gasteiger partial charge in [-0.1, -0.05) is 42.5 Å². The van der Waals surface area contributed by atoms with E-state index in [0.717, 1.165) is 11.8 Å². The molecule has 0 N–H and O–H groups in total. The van der Waals surface area contributed by atoms with E-state index in [-0.39, 0.29) is 5.92 Å². The molecular weight excluding hydrogens is 240 g/mol. The predicted octanol–water partition coefficient (Wildman–Crippen LogP) is 4.21. The molecule has 0 saturated heterocycles. The highest BCUT2D eigenvalue weighted by molar-refractivity contribution is 7.22. The summed E-state index contributed by atoms with van der Waals surface area (Å²) in [6, 6.07) is 16.6. The number of fused-ring (bicyclic) bond motifs is 5. The predicted molar refractivity (Wildman–Crippen MR) is 75.2 cm³/mol. The molecule has 0 spiro atoms. The molecule has 86 valence electrons. The minimum atomic E-state index is -0.0904. The Morgan fingerprint density at radius 2 is 1.78 bits per heavy atom. The monoisotopic (exact) mass is 250 g/mol. The fourth-order valence-electron chi connectivity index (χ4n) is 2.85. The van der Waals surface area contributed by atoms with Crippen molar-refractivity contribution in [2.75, 3.05) is 0 Å². The van der Waals surface area contributed by atoms with Gasteiger partial charge in [0.15, 0.2) is 0 Å². The molecule has 1 aromatic heterocycles. The van der Waals surface area contributed by atoms with Crippen molar-refractivity contribution in [2.45, 2.75) is 5.92 Å². The highest BCUT2D eigenvalue weighted by Gasteiger charge is 2.31. The molecule has 2 aromatic carbocycles. The van der Waals surface area contributed by atoms with Crippen LogP contribution in [0.15, 0.2) is 48.5 Å². The standard InChI is InChI=1S/C16H10OS/c17-9-13-10-5-1-2-6-11(10)16-15(13)12-7-3-4-8-14(12)18-16/h1-9,13H. The summed E-state index contributed by atoms with van der Waals surface area (Å²) in [5.41, 5.74) is 3.58. The molecule has 1 unspecified atom stereocenters. The largest absolute Gasteiger partial charge is 0.302 e. The summed E-state index contributed by atoms with van der Waals surface area (Å²) >= 11 is 1.79. The fraction of sp³-hybridized carbons (Fsp3) is 0.0625. The molecule has 1 atom stereocenters. The van der Waals surface area contributed by atoms with Crippen LogP contribution in [0.3, 0.4) is 0 Å².